The number of nitrogens with zero attached hydrogens (tertiary/aromatic N) is 5. The molecule has 10 heteroatoms. The first-order valence-electron chi connectivity index (χ1n) is 7.04. The van der Waals surface area contributed by atoms with Gasteiger partial charge < -0.3 is 9.52 Å². The predicted octanol–water partition coefficient (Wildman–Crippen LogP) is 3.23. The highest BCUT2D eigenvalue weighted by atomic mass is 32.1. The summed E-state index contributed by atoms with van der Waals surface area (Å²) in [6.07, 6.45) is 3.17. The zero-order chi connectivity index (χ0) is 17.4. The van der Waals surface area contributed by atoms with Gasteiger partial charge in [0.15, 0.2) is 5.82 Å². The molecule has 0 aliphatic carbocycles. The minimum Gasteiger partial charge on any atom is -0.508 e. The zero-order valence-corrected chi connectivity index (χ0v) is 13.3. The minimum absolute atomic E-state index is 0.183. The van der Waals surface area contributed by atoms with Crippen molar-refractivity contribution in [3.63, 3.8) is 0 Å². The fourth-order valence-electron chi connectivity index (χ4n) is 2.14. The van der Waals surface area contributed by atoms with Crippen LogP contribution in [0.15, 0.2) is 40.8 Å². The fraction of sp³-hybridized carbons (Fsp3) is 0. The van der Waals surface area contributed by atoms with E-state index < -0.39 is 4.92 Å². The van der Waals surface area contributed by atoms with E-state index >= 15 is 0 Å². The molecule has 25 heavy (non-hydrogen) atoms. The van der Waals surface area contributed by atoms with Gasteiger partial charge in [-0.3, -0.25) is 10.1 Å². The number of phenolic OH excluding ortho intramolecular Hbond substituents is 1. The molecule has 0 atom stereocenters. The van der Waals surface area contributed by atoms with E-state index in [1.165, 1.54) is 23.5 Å². The Morgan fingerprint density at radius 2 is 1.96 bits per heavy atom. The molecule has 1 N–H and O–H groups in total. The van der Waals surface area contributed by atoms with Gasteiger partial charge in [-0.1, -0.05) is 11.3 Å². The van der Waals surface area contributed by atoms with Gasteiger partial charge >= 0.3 is 5.88 Å². The maximum absolute atomic E-state index is 10.6. The lowest BCUT2D eigenvalue weighted by Crippen LogP contribution is -1.89. The number of nitro groups is 1. The van der Waals surface area contributed by atoms with Crippen molar-refractivity contribution >= 4 is 34.3 Å². The summed E-state index contributed by atoms with van der Waals surface area (Å²) in [7, 11) is 0. The quantitative estimate of drug-likeness (QED) is 0.441. The number of phenols is 1. The van der Waals surface area contributed by atoms with E-state index in [-0.39, 0.29) is 11.6 Å². The molecule has 9 nitrogen and oxygen atoms in total. The molecule has 0 saturated carbocycles. The third kappa shape index (κ3) is 2.85. The molecule has 0 aliphatic rings. The van der Waals surface area contributed by atoms with Crippen LogP contribution in [0.5, 0.6) is 5.75 Å². The first kappa shape index (κ1) is 15.0. The smallest absolute Gasteiger partial charge is 0.433 e. The molecular formula is C15H9N5O4S. The minimum atomic E-state index is -0.600. The van der Waals surface area contributed by atoms with Crippen molar-refractivity contribution in [3.05, 3.63) is 58.1 Å². The van der Waals surface area contributed by atoms with E-state index in [2.05, 4.69) is 15.3 Å². The molecule has 0 amide bonds. The van der Waals surface area contributed by atoms with Crippen molar-refractivity contribution in [2.24, 2.45) is 0 Å². The molecule has 0 bridgehead atoms. The largest absolute Gasteiger partial charge is 0.508 e. The Hall–Kier alpha value is -3.53. The lowest BCUT2D eigenvalue weighted by Gasteiger charge is -1.95. The first-order chi connectivity index (χ1) is 12.1. The highest BCUT2D eigenvalue weighted by Crippen LogP contribution is 2.27. The molecule has 1 aromatic carbocycles. The molecule has 0 saturated heterocycles. The molecule has 0 radical (unpaired) electrons. The van der Waals surface area contributed by atoms with Gasteiger partial charge in [-0.2, -0.15) is 9.61 Å². The standard InChI is InChI=1S/C15H9N5O4S/c21-10-3-1-9(2-4-10)14-18-19-12(16-17-15(19)25-14)7-5-11-6-8-13(24-11)20(22)23/h1-8,21H/b7-5+. The molecule has 0 aliphatic heterocycles. The number of aromatic nitrogens is 4. The average molecular weight is 355 g/mol. The molecular weight excluding hydrogens is 346 g/mol. The number of fused-ring (bicyclic) bond motifs is 1. The molecule has 0 spiro atoms. The van der Waals surface area contributed by atoms with E-state index in [0.29, 0.717) is 16.5 Å². The average Bonchev–Trinajstić information content (AvgIpc) is 3.29. The highest BCUT2D eigenvalue weighted by Gasteiger charge is 2.13. The monoisotopic (exact) mass is 355 g/mol. The van der Waals surface area contributed by atoms with Gasteiger partial charge in [0.25, 0.3) is 0 Å². The maximum Gasteiger partial charge on any atom is 0.433 e. The van der Waals surface area contributed by atoms with Crippen molar-refractivity contribution in [3.8, 4) is 16.3 Å². The molecule has 3 aromatic heterocycles. The Labute approximate surface area is 143 Å². The van der Waals surface area contributed by atoms with E-state index in [1.54, 1.807) is 40.9 Å². The molecule has 4 aromatic rings. The number of benzene rings is 1. The third-order valence-corrected chi connectivity index (χ3v) is 4.27. The third-order valence-electron chi connectivity index (χ3n) is 3.32. The van der Waals surface area contributed by atoms with Crippen LogP contribution in [0.3, 0.4) is 0 Å². The van der Waals surface area contributed by atoms with E-state index in [4.69, 9.17) is 4.42 Å². The summed E-state index contributed by atoms with van der Waals surface area (Å²) in [5.74, 6) is 0.657. The van der Waals surface area contributed by atoms with Crippen molar-refractivity contribution in [2.45, 2.75) is 0 Å². The van der Waals surface area contributed by atoms with Crippen LogP contribution in [0, 0.1) is 10.1 Å². The SMILES string of the molecule is O=[N+]([O-])c1ccc(/C=C/c2nnc3sc(-c4ccc(O)cc4)nn23)o1. The van der Waals surface area contributed by atoms with Crippen molar-refractivity contribution in [1.82, 2.24) is 19.8 Å². The van der Waals surface area contributed by atoms with E-state index in [9.17, 15) is 15.2 Å². The van der Waals surface area contributed by atoms with Gasteiger partial charge in [0.05, 0.1) is 6.07 Å². The Kier molecular flexibility index (Phi) is 3.51. The summed E-state index contributed by atoms with van der Waals surface area (Å²) in [6, 6.07) is 9.47. The Bertz CT molecular complexity index is 1090. The lowest BCUT2D eigenvalue weighted by atomic mass is 10.2. The molecule has 0 fully saturated rings. The summed E-state index contributed by atoms with van der Waals surface area (Å²) in [5, 5.41) is 33.2. The van der Waals surface area contributed by atoms with Crippen molar-refractivity contribution in [1.29, 1.82) is 0 Å². The predicted molar refractivity (Wildman–Crippen MR) is 90.1 cm³/mol. The number of hydrogen-bond acceptors (Lipinski definition) is 8. The van der Waals surface area contributed by atoms with Gasteiger partial charge in [0.2, 0.25) is 4.96 Å². The van der Waals surface area contributed by atoms with Gasteiger partial charge in [-0.25, -0.2) is 0 Å². The van der Waals surface area contributed by atoms with Gasteiger partial charge in [-0.05, 0) is 42.5 Å². The summed E-state index contributed by atoms with van der Waals surface area (Å²) in [6.45, 7) is 0. The van der Waals surface area contributed by atoms with Crippen LogP contribution in [-0.4, -0.2) is 29.8 Å². The molecule has 4 rings (SSSR count). The molecule has 124 valence electrons. The Balaban J connectivity index is 1.65. The van der Waals surface area contributed by atoms with Crippen LogP contribution in [0.25, 0.3) is 27.7 Å². The number of aromatic hydroxyl groups is 1. The normalized spacial score (nSPS) is 11.5. The fourth-order valence-corrected chi connectivity index (χ4v) is 3.00. The van der Waals surface area contributed by atoms with Crippen LogP contribution >= 0.6 is 11.3 Å². The maximum atomic E-state index is 10.6. The summed E-state index contributed by atoms with van der Waals surface area (Å²) >= 11 is 1.36. The van der Waals surface area contributed by atoms with Crippen LogP contribution in [0.2, 0.25) is 0 Å². The van der Waals surface area contributed by atoms with Crippen molar-refractivity contribution in [2.75, 3.05) is 0 Å². The van der Waals surface area contributed by atoms with E-state index in [1.807, 2.05) is 0 Å². The van der Waals surface area contributed by atoms with Crippen LogP contribution in [0.4, 0.5) is 5.88 Å². The van der Waals surface area contributed by atoms with Gasteiger partial charge in [0, 0.05) is 5.56 Å². The van der Waals surface area contributed by atoms with Crippen molar-refractivity contribution < 1.29 is 14.4 Å². The second-order valence-corrected chi connectivity index (χ2v) is 5.93. The van der Waals surface area contributed by atoms with Crippen LogP contribution in [0.1, 0.15) is 11.6 Å². The second-order valence-electron chi connectivity index (χ2n) is 4.97. The number of hydrogen-bond donors (Lipinski definition) is 1. The van der Waals surface area contributed by atoms with Gasteiger partial charge in [0.1, 0.15) is 21.4 Å². The highest BCUT2D eigenvalue weighted by molar-refractivity contribution is 7.19. The molecule has 3 heterocycles. The summed E-state index contributed by atoms with van der Waals surface area (Å²) in [4.78, 5) is 10.6. The first-order valence-corrected chi connectivity index (χ1v) is 7.86. The Morgan fingerprint density at radius 1 is 1.16 bits per heavy atom. The van der Waals surface area contributed by atoms with Gasteiger partial charge in [-0.15, -0.1) is 10.2 Å². The second kappa shape index (κ2) is 5.83. The van der Waals surface area contributed by atoms with Crippen LogP contribution in [-0.2, 0) is 0 Å². The van der Waals surface area contributed by atoms with E-state index in [0.717, 1.165) is 10.6 Å². The number of rotatable bonds is 4. The number of furan rings is 1. The van der Waals surface area contributed by atoms with Crippen LogP contribution < -0.4 is 0 Å². The molecule has 0 unspecified atom stereocenters. The lowest BCUT2D eigenvalue weighted by molar-refractivity contribution is -0.402. The summed E-state index contributed by atoms with van der Waals surface area (Å²) in [5.41, 5.74) is 0.852. The zero-order valence-electron chi connectivity index (χ0n) is 12.4. The Morgan fingerprint density at radius 3 is 2.68 bits per heavy atom. The summed E-state index contributed by atoms with van der Waals surface area (Å²) < 4.78 is 6.63. The topological polar surface area (TPSA) is 120 Å².